The predicted octanol–water partition coefficient (Wildman–Crippen LogP) is 1.94. The van der Waals surface area contributed by atoms with E-state index in [1.54, 1.807) is 24.9 Å². The van der Waals surface area contributed by atoms with E-state index < -0.39 is 0 Å². The van der Waals surface area contributed by atoms with Crippen LogP contribution in [0.5, 0.6) is 0 Å². The molecule has 1 amide bonds. The minimum absolute atomic E-state index is 0.145. The minimum Gasteiger partial charge on any atom is -0.334 e. The predicted molar refractivity (Wildman–Crippen MR) is 75.3 cm³/mol. The maximum absolute atomic E-state index is 13.3. The van der Waals surface area contributed by atoms with Crippen LogP contribution in [0.4, 0.5) is 4.39 Å². The topological polar surface area (TPSA) is 51.0 Å². The lowest BCUT2D eigenvalue weighted by atomic mass is 10.1. The number of nitrogens with zero attached hydrogens (tertiary/aromatic N) is 4. The molecule has 0 atom stereocenters. The fraction of sp³-hybridized carbons (Fsp3) is 0.400. The first-order chi connectivity index (χ1) is 10.1. The molecule has 0 radical (unpaired) electrons. The summed E-state index contributed by atoms with van der Waals surface area (Å²) in [5.41, 5.74) is 0.954. The highest BCUT2D eigenvalue weighted by Crippen LogP contribution is 2.16. The molecule has 1 aromatic heterocycles. The van der Waals surface area contributed by atoms with Gasteiger partial charge in [0.05, 0.1) is 6.54 Å². The van der Waals surface area contributed by atoms with E-state index in [4.69, 9.17) is 0 Å². The zero-order valence-corrected chi connectivity index (χ0v) is 12.1. The van der Waals surface area contributed by atoms with Crippen molar-refractivity contribution < 1.29 is 9.18 Å². The molecule has 3 rings (SSSR count). The second-order valence-electron chi connectivity index (χ2n) is 5.41. The molecule has 2 aromatic rings. The lowest BCUT2D eigenvalue weighted by Gasteiger charge is -2.17. The Bertz CT molecular complexity index is 695. The molecular formula is C15H17FN4O. The standard InChI is InChI=1S/C15H17FN4O/c1-10-8-11(5-6-12(10)16)15(21)19(2)9-14-18-17-13-4-3-7-20(13)14/h5-6,8H,3-4,7,9H2,1-2H3. The van der Waals surface area contributed by atoms with Crippen LogP contribution in [0, 0.1) is 12.7 Å². The Morgan fingerprint density at radius 3 is 3.00 bits per heavy atom. The normalized spacial score (nSPS) is 13.3. The van der Waals surface area contributed by atoms with Crippen LogP contribution in [0.25, 0.3) is 0 Å². The summed E-state index contributed by atoms with van der Waals surface area (Å²) < 4.78 is 15.3. The van der Waals surface area contributed by atoms with Gasteiger partial charge in [-0.25, -0.2) is 4.39 Å². The van der Waals surface area contributed by atoms with Crippen LogP contribution < -0.4 is 0 Å². The van der Waals surface area contributed by atoms with Gasteiger partial charge in [0.15, 0.2) is 5.82 Å². The molecule has 0 unspecified atom stereocenters. The van der Waals surface area contributed by atoms with Crippen molar-refractivity contribution in [2.45, 2.75) is 32.9 Å². The molecule has 0 bridgehead atoms. The highest BCUT2D eigenvalue weighted by Gasteiger charge is 2.20. The number of amides is 1. The Morgan fingerprint density at radius 2 is 2.24 bits per heavy atom. The van der Waals surface area contributed by atoms with Gasteiger partial charge in [-0.3, -0.25) is 4.79 Å². The number of fused-ring (bicyclic) bond motifs is 1. The quantitative estimate of drug-likeness (QED) is 0.867. The zero-order valence-electron chi connectivity index (χ0n) is 12.1. The van der Waals surface area contributed by atoms with Crippen molar-refractivity contribution in [3.63, 3.8) is 0 Å². The van der Waals surface area contributed by atoms with Gasteiger partial charge in [0.2, 0.25) is 0 Å². The van der Waals surface area contributed by atoms with E-state index in [-0.39, 0.29) is 11.7 Å². The fourth-order valence-corrected chi connectivity index (χ4v) is 2.61. The number of halogens is 1. The van der Waals surface area contributed by atoms with Gasteiger partial charge in [-0.05, 0) is 37.1 Å². The third-order valence-corrected chi connectivity index (χ3v) is 3.82. The third kappa shape index (κ3) is 2.53. The zero-order chi connectivity index (χ0) is 15.0. The average molecular weight is 288 g/mol. The van der Waals surface area contributed by atoms with Crippen molar-refractivity contribution in [3.8, 4) is 0 Å². The van der Waals surface area contributed by atoms with Gasteiger partial charge in [0, 0.05) is 25.6 Å². The van der Waals surface area contributed by atoms with E-state index in [9.17, 15) is 9.18 Å². The Morgan fingerprint density at radius 1 is 1.43 bits per heavy atom. The van der Waals surface area contributed by atoms with Gasteiger partial charge in [-0.15, -0.1) is 10.2 Å². The molecule has 1 aliphatic heterocycles. The lowest BCUT2D eigenvalue weighted by Crippen LogP contribution is -2.27. The number of hydrogen-bond acceptors (Lipinski definition) is 3. The van der Waals surface area contributed by atoms with E-state index in [0.29, 0.717) is 17.7 Å². The molecule has 110 valence electrons. The summed E-state index contributed by atoms with van der Waals surface area (Å²) >= 11 is 0. The van der Waals surface area contributed by atoms with Gasteiger partial charge in [0.25, 0.3) is 5.91 Å². The summed E-state index contributed by atoms with van der Waals surface area (Å²) in [5, 5.41) is 8.28. The van der Waals surface area contributed by atoms with Gasteiger partial charge in [-0.2, -0.15) is 0 Å². The first kappa shape index (κ1) is 13.7. The number of carbonyl (C=O) groups excluding carboxylic acids is 1. The molecule has 0 aliphatic carbocycles. The molecular weight excluding hydrogens is 271 g/mol. The molecule has 2 heterocycles. The van der Waals surface area contributed by atoms with Crippen LogP contribution in [0.3, 0.4) is 0 Å². The van der Waals surface area contributed by atoms with Gasteiger partial charge in [-0.1, -0.05) is 0 Å². The van der Waals surface area contributed by atoms with Crippen molar-refractivity contribution in [1.82, 2.24) is 19.7 Å². The Hall–Kier alpha value is -2.24. The first-order valence-corrected chi connectivity index (χ1v) is 6.99. The largest absolute Gasteiger partial charge is 0.334 e. The molecule has 1 aromatic carbocycles. The summed E-state index contributed by atoms with van der Waals surface area (Å²) in [6.07, 6.45) is 2.02. The van der Waals surface area contributed by atoms with Crippen molar-refractivity contribution in [2.24, 2.45) is 0 Å². The number of hydrogen-bond donors (Lipinski definition) is 0. The highest BCUT2D eigenvalue weighted by atomic mass is 19.1. The number of rotatable bonds is 3. The average Bonchev–Trinajstić information content (AvgIpc) is 3.06. The molecule has 0 saturated heterocycles. The van der Waals surface area contributed by atoms with Gasteiger partial charge < -0.3 is 9.47 Å². The SMILES string of the molecule is Cc1cc(C(=O)N(C)Cc2nnc3n2CCC3)ccc1F. The monoisotopic (exact) mass is 288 g/mol. The van der Waals surface area contributed by atoms with Gasteiger partial charge >= 0.3 is 0 Å². The summed E-state index contributed by atoms with van der Waals surface area (Å²) in [5.74, 6) is 1.35. The van der Waals surface area contributed by atoms with Crippen LogP contribution in [0.15, 0.2) is 18.2 Å². The second-order valence-corrected chi connectivity index (χ2v) is 5.41. The third-order valence-electron chi connectivity index (χ3n) is 3.82. The highest BCUT2D eigenvalue weighted by molar-refractivity contribution is 5.94. The van der Waals surface area contributed by atoms with Gasteiger partial charge in [0.1, 0.15) is 11.6 Å². The molecule has 1 aliphatic rings. The van der Waals surface area contributed by atoms with E-state index >= 15 is 0 Å². The maximum atomic E-state index is 13.3. The van der Waals surface area contributed by atoms with Crippen molar-refractivity contribution in [3.05, 3.63) is 46.8 Å². The molecule has 21 heavy (non-hydrogen) atoms. The Labute approximate surface area is 122 Å². The molecule has 6 heteroatoms. The van der Waals surface area contributed by atoms with Crippen molar-refractivity contribution in [2.75, 3.05) is 7.05 Å². The Balaban J connectivity index is 1.76. The second kappa shape index (κ2) is 5.27. The van der Waals surface area contributed by atoms with Crippen LogP contribution in [0.2, 0.25) is 0 Å². The molecule has 0 fully saturated rings. The summed E-state index contributed by atoms with van der Waals surface area (Å²) in [6, 6.07) is 4.41. The van der Waals surface area contributed by atoms with Crippen LogP contribution in [0.1, 0.15) is 34.0 Å². The van der Waals surface area contributed by atoms with Crippen molar-refractivity contribution >= 4 is 5.91 Å². The van der Waals surface area contributed by atoms with Crippen LogP contribution in [-0.2, 0) is 19.5 Å². The Kier molecular flexibility index (Phi) is 3.45. The lowest BCUT2D eigenvalue weighted by molar-refractivity contribution is 0.0780. The molecule has 0 N–H and O–H groups in total. The summed E-state index contributed by atoms with van der Waals surface area (Å²) in [4.78, 5) is 14.0. The van der Waals surface area contributed by atoms with E-state index in [1.165, 1.54) is 12.1 Å². The first-order valence-electron chi connectivity index (χ1n) is 6.99. The fourth-order valence-electron chi connectivity index (χ4n) is 2.61. The number of benzene rings is 1. The van der Waals surface area contributed by atoms with Crippen molar-refractivity contribution in [1.29, 1.82) is 0 Å². The molecule has 0 saturated carbocycles. The number of aromatic nitrogens is 3. The van der Waals surface area contributed by atoms with E-state index in [0.717, 1.165) is 31.0 Å². The molecule has 0 spiro atoms. The molecule has 5 nitrogen and oxygen atoms in total. The maximum Gasteiger partial charge on any atom is 0.254 e. The smallest absolute Gasteiger partial charge is 0.254 e. The summed E-state index contributed by atoms with van der Waals surface area (Å²) in [7, 11) is 1.72. The summed E-state index contributed by atoms with van der Waals surface area (Å²) in [6.45, 7) is 2.97. The number of aryl methyl sites for hydroxylation is 2. The van der Waals surface area contributed by atoms with Crippen LogP contribution >= 0.6 is 0 Å². The van der Waals surface area contributed by atoms with E-state index in [2.05, 4.69) is 14.8 Å². The van der Waals surface area contributed by atoms with E-state index in [1.807, 2.05) is 0 Å². The number of carbonyl (C=O) groups is 1. The van der Waals surface area contributed by atoms with Crippen LogP contribution in [-0.4, -0.2) is 32.6 Å². The minimum atomic E-state index is -0.301.